The van der Waals surface area contributed by atoms with Gasteiger partial charge in [0, 0.05) is 13.1 Å². The molecule has 0 heterocycles. The van der Waals surface area contributed by atoms with Gasteiger partial charge in [0.05, 0.1) is 10.0 Å². The molecule has 3 rings (SSSR count). The molecular weight excluding hydrogens is 333 g/mol. The van der Waals surface area contributed by atoms with Gasteiger partial charge in [0.1, 0.15) is 5.82 Å². The maximum absolute atomic E-state index is 14.2. The molecule has 2 saturated carbocycles. The highest BCUT2D eigenvalue weighted by molar-refractivity contribution is 9.10. The zero-order valence-electron chi connectivity index (χ0n) is 12.2. The molecule has 0 bridgehead atoms. The van der Waals surface area contributed by atoms with Gasteiger partial charge < -0.3 is 4.90 Å². The molecule has 0 N–H and O–H groups in total. The molecule has 114 valence electrons. The van der Waals surface area contributed by atoms with Crippen LogP contribution in [0.5, 0.6) is 0 Å². The average Bonchev–Trinajstić information content (AvgIpc) is 3.14. The Labute approximate surface area is 133 Å². The zero-order valence-corrected chi connectivity index (χ0v) is 13.7. The van der Waals surface area contributed by atoms with Gasteiger partial charge in [-0.15, -0.1) is 0 Å². The van der Waals surface area contributed by atoms with Gasteiger partial charge >= 0.3 is 0 Å². The van der Waals surface area contributed by atoms with Crippen molar-refractivity contribution in [2.45, 2.75) is 38.5 Å². The van der Waals surface area contributed by atoms with Crippen molar-refractivity contribution >= 4 is 21.8 Å². The molecule has 1 aromatic rings. The molecule has 0 radical (unpaired) electrons. The fourth-order valence-electron chi connectivity index (χ4n) is 3.20. The Kier molecular flexibility index (Phi) is 4.63. The van der Waals surface area contributed by atoms with Gasteiger partial charge in [-0.2, -0.15) is 0 Å². The van der Waals surface area contributed by atoms with Gasteiger partial charge in [-0.3, -0.25) is 4.79 Å². The van der Waals surface area contributed by atoms with Crippen LogP contribution in [0.4, 0.5) is 4.39 Å². The molecule has 21 heavy (non-hydrogen) atoms. The quantitative estimate of drug-likeness (QED) is 0.755. The van der Waals surface area contributed by atoms with Crippen LogP contribution >= 0.6 is 15.9 Å². The predicted octanol–water partition coefficient (Wildman–Crippen LogP) is 4.63. The van der Waals surface area contributed by atoms with Crippen molar-refractivity contribution < 1.29 is 9.18 Å². The maximum Gasteiger partial charge on any atom is 0.256 e. The minimum absolute atomic E-state index is 0.146. The third kappa shape index (κ3) is 3.65. The Bertz CT molecular complexity index is 524. The van der Waals surface area contributed by atoms with E-state index < -0.39 is 5.82 Å². The summed E-state index contributed by atoms with van der Waals surface area (Å²) in [5.41, 5.74) is 0.197. The zero-order chi connectivity index (χ0) is 14.8. The summed E-state index contributed by atoms with van der Waals surface area (Å²) in [7, 11) is 0. The summed E-state index contributed by atoms with van der Waals surface area (Å²) in [6.07, 6.45) is 7.35. The fraction of sp³-hybridized carbons (Fsp3) is 0.588. The van der Waals surface area contributed by atoms with Crippen molar-refractivity contribution in [2.75, 3.05) is 13.1 Å². The number of carbonyl (C=O) groups is 1. The number of benzene rings is 1. The van der Waals surface area contributed by atoms with Gasteiger partial charge in [0.2, 0.25) is 0 Å². The van der Waals surface area contributed by atoms with Gasteiger partial charge in [0.25, 0.3) is 5.91 Å². The van der Waals surface area contributed by atoms with E-state index in [0.29, 0.717) is 16.3 Å². The number of hydrogen-bond acceptors (Lipinski definition) is 1. The summed E-state index contributed by atoms with van der Waals surface area (Å²) in [5, 5.41) is 0. The van der Waals surface area contributed by atoms with Crippen molar-refractivity contribution in [2.24, 2.45) is 11.8 Å². The number of nitrogens with zero attached hydrogens (tertiary/aromatic N) is 1. The van der Waals surface area contributed by atoms with Gasteiger partial charge in [-0.05, 0) is 65.6 Å². The minimum Gasteiger partial charge on any atom is -0.338 e. The summed E-state index contributed by atoms with van der Waals surface area (Å²) in [4.78, 5) is 14.6. The first-order chi connectivity index (χ1) is 10.1. The van der Waals surface area contributed by atoms with E-state index in [1.165, 1.54) is 38.5 Å². The van der Waals surface area contributed by atoms with Crippen LogP contribution in [0.1, 0.15) is 48.9 Å². The van der Waals surface area contributed by atoms with Gasteiger partial charge in [-0.1, -0.05) is 18.9 Å². The summed E-state index contributed by atoms with van der Waals surface area (Å²) in [6, 6.07) is 4.95. The Morgan fingerprint density at radius 1 is 1.14 bits per heavy atom. The molecule has 2 aliphatic carbocycles. The van der Waals surface area contributed by atoms with E-state index >= 15 is 0 Å². The molecule has 2 aliphatic rings. The summed E-state index contributed by atoms with van der Waals surface area (Å²) in [5.74, 6) is 0.649. The van der Waals surface area contributed by atoms with Crippen molar-refractivity contribution in [1.29, 1.82) is 0 Å². The second kappa shape index (κ2) is 6.47. The summed E-state index contributed by atoms with van der Waals surface area (Å²) < 4.78 is 14.5. The molecule has 0 unspecified atom stereocenters. The highest BCUT2D eigenvalue weighted by Crippen LogP contribution is 2.32. The highest BCUT2D eigenvalue weighted by atomic mass is 79.9. The SMILES string of the molecule is O=C(c1cccc(Br)c1F)N(CC1CCCC1)CC1CC1. The minimum atomic E-state index is -0.435. The van der Waals surface area contributed by atoms with Crippen molar-refractivity contribution in [3.63, 3.8) is 0 Å². The van der Waals surface area contributed by atoms with Crippen molar-refractivity contribution in [3.05, 3.63) is 34.1 Å². The fourth-order valence-corrected chi connectivity index (χ4v) is 3.56. The Morgan fingerprint density at radius 3 is 2.38 bits per heavy atom. The van der Waals surface area contributed by atoms with E-state index in [9.17, 15) is 9.18 Å². The lowest BCUT2D eigenvalue weighted by Gasteiger charge is -2.26. The van der Waals surface area contributed by atoms with E-state index in [4.69, 9.17) is 0 Å². The largest absolute Gasteiger partial charge is 0.338 e. The monoisotopic (exact) mass is 353 g/mol. The van der Waals surface area contributed by atoms with Crippen molar-refractivity contribution in [1.82, 2.24) is 4.90 Å². The van der Waals surface area contributed by atoms with E-state index in [1.807, 2.05) is 4.90 Å². The molecule has 0 aliphatic heterocycles. The second-order valence-corrected chi connectivity index (χ2v) is 7.26. The Hall–Kier alpha value is -0.900. The van der Waals surface area contributed by atoms with Crippen LogP contribution in [0.15, 0.2) is 22.7 Å². The van der Waals surface area contributed by atoms with Crippen LogP contribution in [0.3, 0.4) is 0 Å². The number of rotatable bonds is 5. The third-order valence-corrected chi connectivity index (χ3v) is 5.21. The van der Waals surface area contributed by atoms with Gasteiger partial charge in [0.15, 0.2) is 0 Å². The molecule has 4 heteroatoms. The van der Waals surface area contributed by atoms with Crippen LogP contribution < -0.4 is 0 Å². The maximum atomic E-state index is 14.2. The lowest BCUT2D eigenvalue weighted by atomic mass is 10.1. The number of hydrogen-bond donors (Lipinski definition) is 0. The standard InChI is InChI=1S/C17H21BrFNO/c18-15-7-3-6-14(16(15)19)17(21)20(11-13-8-9-13)10-12-4-1-2-5-12/h3,6-7,12-13H,1-2,4-5,8-11H2. The number of halogens is 2. The first-order valence-electron chi connectivity index (χ1n) is 7.88. The van der Waals surface area contributed by atoms with E-state index in [-0.39, 0.29) is 11.5 Å². The van der Waals surface area contributed by atoms with Crippen LogP contribution in [-0.2, 0) is 0 Å². The Balaban J connectivity index is 1.76. The third-order valence-electron chi connectivity index (χ3n) is 4.60. The van der Waals surface area contributed by atoms with Crippen LogP contribution in [0.25, 0.3) is 0 Å². The highest BCUT2D eigenvalue weighted by Gasteiger charge is 2.30. The summed E-state index contributed by atoms with van der Waals surface area (Å²) in [6.45, 7) is 1.59. The molecule has 2 fully saturated rings. The second-order valence-electron chi connectivity index (χ2n) is 6.41. The molecule has 0 spiro atoms. The molecule has 1 aromatic carbocycles. The number of amides is 1. The molecular formula is C17H21BrFNO. The van der Waals surface area contributed by atoms with Crippen molar-refractivity contribution in [3.8, 4) is 0 Å². The first kappa shape index (κ1) is 15.0. The topological polar surface area (TPSA) is 20.3 Å². The summed E-state index contributed by atoms with van der Waals surface area (Å²) >= 11 is 3.17. The molecule has 0 atom stereocenters. The van der Waals surface area contributed by atoms with Crippen LogP contribution in [0.2, 0.25) is 0 Å². The number of carbonyl (C=O) groups excluding carboxylic acids is 1. The van der Waals surface area contributed by atoms with Gasteiger partial charge in [-0.25, -0.2) is 4.39 Å². The first-order valence-corrected chi connectivity index (χ1v) is 8.67. The van der Waals surface area contributed by atoms with E-state index in [1.54, 1.807) is 18.2 Å². The normalized spacial score (nSPS) is 19.0. The smallest absolute Gasteiger partial charge is 0.256 e. The average molecular weight is 354 g/mol. The lowest BCUT2D eigenvalue weighted by Crippen LogP contribution is -2.37. The molecule has 1 amide bonds. The van der Waals surface area contributed by atoms with Crippen LogP contribution in [0, 0.1) is 17.7 Å². The molecule has 0 saturated heterocycles. The van der Waals surface area contributed by atoms with E-state index in [0.717, 1.165) is 13.1 Å². The predicted molar refractivity (Wildman–Crippen MR) is 84.7 cm³/mol. The van der Waals surface area contributed by atoms with Crippen LogP contribution in [-0.4, -0.2) is 23.9 Å². The van der Waals surface area contributed by atoms with E-state index in [2.05, 4.69) is 15.9 Å². The molecule has 0 aromatic heterocycles. The Morgan fingerprint density at radius 2 is 1.76 bits per heavy atom. The lowest BCUT2D eigenvalue weighted by molar-refractivity contribution is 0.0715. The molecule has 2 nitrogen and oxygen atoms in total.